The number of hydrogen-bond acceptors (Lipinski definition) is 4. The van der Waals surface area contributed by atoms with Crippen LogP contribution in [0, 0.1) is 17.9 Å². The van der Waals surface area contributed by atoms with Crippen LogP contribution in [0.2, 0.25) is 0 Å². The fourth-order valence-corrected chi connectivity index (χ4v) is 4.26. The smallest absolute Gasteiger partial charge is 0.206 e. The predicted octanol–water partition coefficient (Wildman–Crippen LogP) is 3.24. The van der Waals surface area contributed by atoms with E-state index in [2.05, 4.69) is 31.4 Å². The van der Waals surface area contributed by atoms with E-state index < -0.39 is 0 Å². The lowest BCUT2D eigenvalue weighted by atomic mass is 10.1. The van der Waals surface area contributed by atoms with Crippen LogP contribution < -0.4 is 10.6 Å². The molecule has 1 aliphatic carbocycles. The Hall–Kier alpha value is -2.62. The van der Waals surface area contributed by atoms with Crippen LogP contribution in [0.5, 0.6) is 0 Å². The van der Waals surface area contributed by atoms with E-state index in [9.17, 15) is 0 Å². The fourth-order valence-electron chi connectivity index (χ4n) is 4.26. The number of rotatable bonds is 4. The number of nitrogens with zero attached hydrogens (tertiary/aromatic N) is 5. The second-order valence-electron chi connectivity index (χ2n) is 7.45. The summed E-state index contributed by atoms with van der Waals surface area (Å²) in [5, 5.41) is 0. The molecule has 1 saturated heterocycles. The zero-order chi connectivity index (χ0) is 17.7. The Kier molecular flexibility index (Phi) is 4.29. The molecule has 0 spiro atoms. The Morgan fingerprint density at radius 3 is 2.81 bits per heavy atom. The lowest BCUT2D eigenvalue weighted by molar-refractivity contribution is 0.540. The predicted molar refractivity (Wildman–Crippen MR) is 108 cm³/mol. The molecule has 6 nitrogen and oxygen atoms in total. The molecule has 2 atom stereocenters. The highest BCUT2D eigenvalue weighted by molar-refractivity contribution is 5.85. The van der Waals surface area contributed by atoms with Crippen LogP contribution in [0.25, 0.3) is 15.9 Å². The van der Waals surface area contributed by atoms with E-state index >= 15 is 0 Å². The summed E-state index contributed by atoms with van der Waals surface area (Å²) >= 11 is 0. The third kappa shape index (κ3) is 2.84. The minimum absolute atomic E-state index is 0. The average Bonchev–Trinajstić information content (AvgIpc) is 3.07. The standard InChI is InChI=1S/C20H20N6.ClH/c1-22-15-6-7-16(23-9-15)11-26-18-5-3-2-4-17(18)24-19(26)25-10-14-8-20(14,12-21)13-25;/h2-7,9,14H,8,10-13,21H2;1H/t14-,20-;/m1./s1. The highest BCUT2D eigenvalue weighted by Gasteiger charge is 2.59. The van der Waals surface area contributed by atoms with E-state index in [1.165, 1.54) is 6.42 Å². The number of piperidine rings is 1. The van der Waals surface area contributed by atoms with Crippen molar-refractivity contribution in [3.05, 3.63) is 59.7 Å². The number of pyridine rings is 1. The van der Waals surface area contributed by atoms with Crippen LogP contribution in [-0.4, -0.2) is 34.2 Å². The molecular formula is C20H21ClN6. The van der Waals surface area contributed by atoms with Crippen molar-refractivity contribution in [2.45, 2.75) is 13.0 Å². The molecule has 0 unspecified atom stereocenters. The number of nitrogens with two attached hydrogens (primary N) is 1. The maximum atomic E-state index is 7.08. The monoisotopic (exact) mass is 380 g/mol. The first-order valence-corrected chi connectivity index (χ1v) is 8.95. The van der Waals surface area contributed by atoms with E-state index in [0.29, 0.717) is 23.6 Å². The molecule has 2 fully saturated rings. The van der Waals surface area contributed by atoms with Crippen LogP contribution in [-0.2, 0) is 6.54 Å². The molecule has 1 aromatic carbocycles. The Morgan fingerprint density at radius 2 is 2.11 bits per heavy atom. The number of benzene rings is 1. The van der Waals surface area contributed by atoms with E-state index in [1.807, 2.05) is 24.3 Å². The van der Waals surface area contributed by atoms with E-state index in [1.54, 1.807) is 6.20 Å². The van der Waals surface area contributed by atoms with Gasteiger partial charge in [-0.1, -0.05) is 18.2 Å². The van der Waals surface area contributed by atoms with E-state index in [0.717, 1.165) is 42.3 Å². The Morgan fingerprint density at radius 1 is 1.26 bits per heavy atom. The van der Waals surface area contributed by atoms with Gasteiger partial charge >= 0.3 is 0 Å². The fraction of sp³-hybridized carbons (Fsp3) is 0.350. The van der Waals surface area contributed by atoms with E-state index in [4.69, 9.17) is 17.3 Å². The van der Waals surface area contributed by atoms with Crippen molar-refractivity contribution in [3.63, 3.8) is 0 Å². The summed E-state index contributed by atoms with van der Waals surface area (Å²) in [7, 11) is 0. The quantitative estimate of drug-likeness (QED) is 0.706. The number of para-hydroxylation sites is 2. The van der Waals surface area contributed by atoms with Gasteiger partial charge in [-0.25, -0.2) is 9.83 Å². The first kappa shape index (κ1) is 17.8. The van der Waals surface area contributed by atoms with E-state index in [-0.39, 0.29) is 12.4 Å². The summed E-state index contributed by atoms with van der Waals surface area (Å²) in [4.78, 5) is 15.2. The van der Waals surface area contributed by atoms with Gasteiger partial charge in [0.05, 0.1) is 29.8 Å². The van der Waals surface area contributed by atoms with Crippen LogP contribution in [0.15, 0.2) is 42.6 Å². The number of halogens is 1. The number of imidazole rings is 1. The second-order valence-corrected chi connectivity index (χ2v) is 7.45. The molecule has 0 radical (unpaired) electrons. The molecule has 3 aromatic rings. The topological polar surface area (TPSA) is 64.3 Å². The van der Waals surface area contributed by atoms with Crippen LogP contribution >= 0.6 is 12.4 Å². The first-order chi connectivity index (χ1) is 12.7. The molecule has 138 valence electrons. The second kappa shape index (κ2) is 6.52. The van der Waals surface area contributed by atoms with Crippen LogP contribution in [0.3, 0.4) is 0 Å². The third-order valence-corrected chi connectivity index (χ3v) is 5.89. The van der Waals surface area contributed by atoms with Crippen LogP contribution in [0.4, 0.5) is 11.6 Å². The number of hydrogen-bond donors (Lipinski definition) is 1. The SMILES string of the molecule is Cl.[C-]#[N+]c1ccc(Cn2c(N3C[C@H]4C[C@@]4(CN)C3)nc3ccccc32)nc1. The van der Waals surface area contributed by atoms with Gasteiger partial charge in [-0.15, -0.1) is 12.4 Å². The summed E-state index contributed by atoms with van der Waals surface area (Å²) in [5.41, 5.74) is 9.94. The van der Waals surface area contributed by atoms with Crippen molar-refractivity contribution < 1.29 is 0 Å². The summed E-state index contributed by atoms with van der Waals surface area (Å²) < 4.78 is 2.24. The summed E-state index contributed by atoms with van der Waals surface area (Å²) in [6, 6.07) is 12.0. The van der Waals surface area contributed by atoms with Gasteiger partial charge in [0.2, 0.25) is 11.6 Å². The van der Waals surface area contributed by atoms with Crippen LogP contribution in [0.1, 0.15) is 12.1 Å². The van der Waals surface area contributed by atoms with Gasteiger partial charge in [-0.05, 0) is 37.1 Å². The highest BCUT2D eigenvalue weighted by Crippen LogP contribution is 2.57. The molecule has 2 N–H and O–H groups in total. The normalized spacial score (nSPS) is 23.0. The molecule has 1 saturated carbocycles. The zero-order valence-corrected chi connectivity index (χ0v) is 15.7. The minimum atomic E-state index is 0. The lowest BCUT2D eigenvalue weighted by Crippen LogP contribution is -2.30. The number of fused-ring (bicyclic) bond motifs is 2. The lowest BCUT2D eigenvalue weighted by Gasteiger charge is -2.22. The highest BCUT2D eigenvalue weighted by atomic mass is 35.5. The molecular weight excluding hydrogens is 360 g/mol. The largest absolute Gasteiger partial charge is 0.341 e. The van der Waals surface area contributed by atoms with Gasteiger partial charge in [-0.3, -0.25) is 4.98 Å². The van der Waals surface area contributed by atoms with Gasteiger partial charge in [0.15, 0.2) is 0 Å². The Bertz CT molecular complexity index is 1020. The maximum absolute atomic E-state index is 7.08. The molecule has 0 amide bonds. The summed E-state index contributed by atoms with van der Waals surface area (Å²) in [5.74, 6) is 1.71. The van der Waals surface area contributed by atoms with Gasteiger partial charge in [0.25, 0.3) is 0 Å². The molecule has 5 rings (SSSR count). The zero-order valence-electron chi connectivity index (χ0n) is 14.9. The van der Waals surface area contributed by atoms with Crippen molar-refractivity contribution in [3.8, 4) is 0 Å². The Labute approximate surface area is 164 Å². The molecule has 3 heterocycles. The average molecular weight is 381 g/mol. The van der Waals surface area contributed by atoms with Crippen molar-refractivity contribution in [2.75, 3.05) is 24.5 Å². The summed E-state index contributed by atoms with van der Waals surface area (Å²) in [6.45, 7) is 10.5. The van der Waals surface area contributed by atoms with Gasteiger partial charge < -0.3 is 15.2 Å². The number of anilines is 1. The summed E-state index contributed by atoms with van der Waals surface area (Å²) in [6.07, 6.45) is 2.88. The van der Waals surface area contributed by atoms with Gasteiger partial charge in [0, 0.05) is 24.7 Å². The molecule has 1 aliphatic heterocycles. The van der Waals surface area contributed by atoms with Gasteiger partial charge in [-0.2, -0.15) is 0 Å². The van der Waals surface area contributed by atoms with Gasteiger partial charge in [0.1, 0.15) is 0 Å². The van der Waals surface area contributed by atoms with Crippen molar-refractivity contribution in [1.29, 1.82) is 0 Å². The molecule has 27 heavy (non-hydrogen) atoms. The Balaban J connectivity index is 0.00000180. The van der Waals surface area contributed by atoms with Crippen molar-refractivity contribution >= 4 is 35.1 Å². The molecule has 7 heteroatoms. The third-order valence-electron chi connectivity index (χ3n) is 5.89. The van der Waals surface area contributed by atoms with Crippen molar-refractivity contribution in [1.82, 2.24) is 14.5 Å². The molecule has 2 aromatic heterocycles. The molecule has 2 aliphatic rings. The first-order valence-electron chi connectivity index (χ1n) is 8.95. The maximum Gasteiger partial charge on any atom is 0.206 e. The molecule has 0 bridgehead atoms. The minimum Gasteiger partial charge on any atom is -0.341 e. The number of aromatic nitrogens is 3. The van der Waals surface area contributed by atoms with Crippen molar-refractivity contribution in [2.24, 2.45) is 17.1 Å².